The van der Waals surface area contributed by atoms with Crippen LogP contribution < -0.4 is 10.9 Å². The zero-order valence-corrected chi connectivity index (χ0v) is 15.2. The highest BCUT2D eigenvalue weighted by Gasteiger charge is 2.29. The molecule has 1 saturated carbocycles. The Bertz CT molecular complexity index is 793. The van der Waals surface area contributed by atoms with Crippen LogP contribution in [0.15, 0.2) is 16.9 Å². The molecule has 2 aliphatic rings. The van der Waals surface area contributed by atoms with Crippen LogP contribution in [-0.4, -0.2) is 54.3 Å². The lowest BCUT2D eigenvalue weighted by atomic mass is 9.97. The smallest absolute Gasteiger partial charge is 0.266 e. The predicted octanol–water partition coefficient (Wildman–Crippen LogP) is -0.0915. The third kappa shape index (κ3) is 4.66. The summed E-state index contributed by atoms with van der Waals surface area (Å²) < 4.78 is 25.8. The first-order valence-electron chi connectivity index (χ1n) is 8.65. The van der Waals surface area contributed by atoms with Crippen molar-refractivity contribution < 1.29 is 13.2 Å². The maximum absolute atomic E-state index is 12.2. The average molecular weight is 368 g/mol. The number of carbonyl (C=O) groups excluding carboxylic acids is 1. The van der Waals surface area contributed by atoms with Crippen LogP contribution in [0.5, 0.6) is 0 Å². The fraction of sp³-hybridized carbons (Fsp3) is 0.688. The minimum Gasteiger partial charge on any atom is -0.354 e. The molecule has 25 heavy (non-hydrogen) atoms. The van der Waals surface area contributed by atoms with Gasteiger partial charge in [0.05, 0.1) is 18.5 Å². The molecule has 9 heteroatoms. The standard InChI is InChI=1S/C16H24N4O4S/c1-25(23,24)19-9-6-13(7-10-19)16(22)17-8-11-20-15(21)5-4-14(18-20)12-2-3-12/h4-5,12-13H,2-3,6-11H2,1H3,(H,17,22). The van der Waals surface area contributed by atoms with Crippen molar-refractivity contribution >= 4 is 15.9 Å². The van der Waals surface area contributed by atoms with Gasteiger partial charge in [-0.1, -0.05) is 0 Å². The monoisotopic (exact) mass is 368 g/mol. The normalized spacial score (nSPS) is 19.7. The number of hydrogen-bond acceptors (Lipinski definition) is 5. The molecule has 3 rings (SSSR count). The van der Waals surface area contributed by atoms with E-state index in [-0.39, 0.29) is 17.4 Å². The summed E-state index contributed by atoms with van der Waals surface area (Å²) in [5, 5.41) is 7.20. The molecule has 1 aliphatic carbocycles. The van der Waals surface area contributed by atoms with E-state index < -0.39 is 10.0 Å². The number of carbonyl (C=O) groups is 1. The number of amides is 1. The first kappa shape index (κ1) is 18.1. The molecule has 1 N–H and O–H groups in total. The van der Waals surface area contributed by atoms with Crippen LogP contribution in [0.4, 0.5) is 0 Å². The first-order chi connectivity index (χ1) is 11.8. The summed E-state index contributed by atoms with van der Waals surface area (Å²) in [6, 6.07) is 3.31. The van der Waals surface area contributed by atoms with Crippen LogP contribution in [0.2, 0.25) is 0 Å². The third-order valence-electron chi connectivity index (χ3n) is 4.80. The lowest BCUT2D eigenvalue weighted by Gasteiger charge is -2.29. The van der Waals surface area contributed by atoms with Gasteiger partial charge in [0.15, 0.2) is 0 Å². The number of nitrogens with one attached hydrogen (secondary N) is 1. The average Bonchev–Trinajstić information content (AvgIpc) is 3.41. The van der Waals surface area contributed by atoms with E-state index in [1.54, 1.807) is 6.07 Å². The van der Waals surface area contributed by atoms with Crippen molar-refractivity contribution in [3.05, 3.63) is 28.2 Å². The van der Waals surface area contributed by atoms with E-state index in [0.29, 0.717) is 44.9 Å². The summed E-state index contributed by atoms with van der Waals surface area (Å²) in [6.07, 6.45) is 4.47. The minimum atomic E-state index is -3.18. The molecule has 0 atom stereocenters. The molecule has 138 valence electrons. The van der Waals surface area contributed by atoms with Crippen molar-refractivity contribution in [2.24, 2.45) is 5.92 Å². The van der Waals surface area contributed by atoms with Gasteiger partial charge in [-0.2, -0.15) is 5.10 Å². The Balaban J connectivity index is 1.47. The van der Waals surface area contributed by atoms with Crippen LogP contribution in [0.3, 0.4) is 0 Å². The van der Waals surface area contributed by atoms with E-state index in [0.717, 1.165) is 18.5 Å². The number of sulfonamides is 1. The Hall–Kier alpha value is -1.74. The maximum Gasteiger partial charge on any atom is 0.266 e. The first-order valence-corrected chi connectivity index (χ1v) is 10.5. The molecular weight excluding hydrogens is 344 g/mol. The lowest BCUT2D eigenvalue weighted by molar-refractivity contribution is -0.126. The van der Waals surface area contributed by atoms with Gasteiger partial charge in [-0.15, -0.1) is 0 Å². The van der Waals surface area contributed by atoms with Crippen LogP contribution in [-0.2, 0) is 21.4 Å². The summed E-state index contributed by atoms with van der Waals surface area (Å²) in [4.78, 5) is 24.1. The van der Waals surface area contributed by atoms with E-state index in [4.69, 9.17) is 0 Å². The van der Waals surface area contributed by atoms with Gasteiger partial charge in [-0.3, -0.25) is 9.59 Å². The maximum atomic E-state index is 12.2. The lowest BCUT2D eigenvalue weighted by Crippen LogP contribution is -2.43. The van der Waals surface area contributed by atoms with Gasteiger partial charge in [0.25, 0.3) is 5.56 Å². The highest BCUT2D eigenvalue weighted by molar-refractivity contribution is 7.88. The van der Waals surface area contributed by atoms with E-state index in [2.05, 4.69) is 10.4 Å². The molecule has 1 aromatic heterocycles. The van der Waals surface area contributed by atoms with Gasteiger partial charge >= 0.3 is 0 Å². The van der Waals surface area contributed by atoms with Crippen molar-refractivity contribution in [2.75, 3.05) is 25.9 Å². The zero-order valence-electron chi connectivity index (χ0n) is 14.3. The van der Waals surface area contributed by atoms with Crippen molar-refractivity contribution in [1.82, 2.24) is 19.4 Å². The Morgan fingerprint density at radius 2 is 1.92 bits per heavy atom. The molecule has 0 aromatic carbocycles. The van der Waals surface area contributed by atoms with Crippen LogP contribution in [0, 0.1) is 5.92 Å². The van der Waals surface area contributed by atoms with Gasteiger partial charge in [0.1, 0.15) is 0 Å². The predicted molar refractivity (Wildman–Crippen MR) is 92.6 cm³/mol. The molecule has 1 saturated heterocycles. The van der Waals surface area contributed by atoms with Crippen molar-refractivity contribution in [1.29, 1.82) is 0 Å². The fourth-order valence-corrected chi connectivity index (χ4v) is 3.97. The Morgan fingerprint density at radius 3 is 2.52 bits per heavy atom. The highest BCUT2D eigenvalue weighted by atomic mass is 32.2. The van der Waals surface area contributed by atoms with Gasteiger partial charge in [-0.05, 0) is 31.7 Å². The largest absolute Gasteiger partial charge is 0.354 e. The molecular formula is C16H24N4O4S. The van der Waals surface area contributed by atoms with Gasteiger partial charge < -0.3 is 5.32 Å². The SMILES string of the molecule is CS(=O)(=O)N1CCC(C(=O)NCCn2nc(C3CC3)ccc2=O)CC1. The van der Waals surface area contributed by atoms with Crippen LogP contribution in [0.25, 0.3) is 0 Å². The highest BCUT2D eigenvalue weighted by Crippen LogP contribution is 2.38. The van der Waals surface area contributed by atoms with Crippen molar-refractivity contribution in [2.45, 2.75) is 38.1 Å². The van der Waals surface area contributed by atoms with Crippen molar-refractivity contribution in [3.8, 4) is 0 Å². The van der Waals surface area contributed by atoms with E-state index >= 15 is 0 Å². The topological polar surface area (TPSA) is 101 Å². The second kappa shape index (κ2) is 7.25. The van der Waals surface area contributed by atoms with E-state index in [1.165, 1.54) is 21.3 Å². The van der Waals surface area contributed by atoms with Gasteiger partial charge in [0, 0.05) is 37.5 Å². The molecule has 1 aliphatic heterocycles. The summed E-state index contributed by atoms with van der Waals surface area (Å²) in [6.45, 7) is 1.43. The number of piperidine rings is 1. The summed E-state index contributed by atoms with van der Waals surface area (Å²) in [7, 11) is -3.18. The number of rotatable bonds is 6. The second-order valence-corrected chi connectivity index (χ2v) is 8.80. The molecule has 0 radical (unpaired) electrons. The van der Waals surface area contributed by atoms with Crippen molar-refractivity contribution in [3.63, 3.8) is 0 Å². The third-order valence-corrected chi connectivity index (χ3v) is 6.10. The summed E-state index contributed by atoms with van der Waals surface area (Å²) in [5.41, 5.74) is 0.777. The molecule has 0 bridgehead atoms. The van der Waals surface area contributed by atoms with E-state index in [9.17, 15) is 18.0 Å². The quantitative estimate of drug-likeness (QED) is 0.756. The molecule has 0 unspecified atom stereocenters. The number of hydrogen-bond donors (Lipinski definition) is 1. The Morgan fingerprint density at radius 1 is 1.24 bits per heavy atom. The molecule has 2 fully saturated rings. The number of aromatic nitrogens is 2. The fourth-order valence-electron chi connectivity index (χ4n) is 3.10. The second-order valence-electron chi connectivity index (χ2n) is 6.82. The molecule has 1 aromatic rings. The molecule has 1 amide bonds. The Labute approximate surface area is 147 Å². The minimum absolute atomic E-state index is 0.0838. The molecule has 0 spiro atoms. The number of nitrogens with zero attached hydrogens (tertiary/aromatic N) is 3. The van der Waals surface area contributed by atoms with Gasteiger partial charge in [-0.25, -0.2) is 17.4 Å². The summed E-state index contributed by atoms with van der Waals surface area (Å²) in [5.74, 6) is 0.210. The zero-order chi connectivity index (χ0) is 18.0. The Kier molecular flexibility index (Phi) is 5.24. The van der Waals surface area contributed by atoms with E-state index in [1.807, 2.05) is 0 Å². The molecule has 8 nitrogen and oxygen atoms in total. The van der Waals surface area contributed by atoms with Crippen LogP contribution in [0.1, 0.15) is 37.3 Å². The van der Waals surface area contributed by atoms with Gasteiger partial charge in [0.2, 0.25) is 15.9 Å². The van der Waals surface area contributed by atoms with Crippen LogP contribution >= 0.6 is 0 Å². The summed E-state index contributed by atoms with van der Waals surface area (Å²) >= 11 is 0. The molecule has 2 heterocycles.